The van der Waals surface area contributed by atoms with Gasteiger partial charge in [0.05, 0.1) is 17.6 Å². The number of halogens is 2. The molecule has 0 atom stereocenters. The first-order valence-corrected chi connectivity index (χ1v) is 6.01. The smallest absolute Gasteiger partial charge is 0.132 e. The number of aromatic nitrogens is 2. The van der Waals surface area contributed by atoms with Crippen molar-refractivity contribution in [2.45, 2.75) is 0 Å². The van der Waals surface area contributed by atoms with E-state index >= 15 is 0 Å². The SMILES string of the molecule is Nc1cn(-c2ccc(F)cc2)nc1-c1ccccc1F. The summed E-state index contributed by atoms with van der Waals surface area (Å²) in [5.41, 5.74) is 7.61. The Kier molecular flexibility index (Phi) is 2.95. The number of anilines is 1. The number of hydrogen-bond donors (Lipinski definition) is 1. The van der Waals surface area contributed by atoms with Gasteiger partial charge in [-0.05, 0) is 36.4 Å². The van der Waals surface area contributed by atoms with Crippen molar-refractivity contribution in [2.24, 2.45) is 0 Å². The van der Waals surface area contributed by atoms with Crippen LogP contribution in [0.3, 0.4) is 0 Å². The summed E-state index contributed by atoms with van der Waals surface area (Å²) in [6, 6.07) is 12.1. The molecule has 0 aliphatic rings. The van der Waals surface area contributed by atoms with Gasteiger partial charge in [-0.2, -0.15) is 5.10 Å². The van der Waals surface area contributed by atoms with Crippen LogP contribution in [0.2, 0.25) is 0 Å². The fraction of sp³-hybridized carbons (Fsp3) is 0. The molecule has 100 valence electrons. The molecule has 2 N–H and O–H groups in total. The highest BCUT2D eigenvalue weighted by Crippen LogP contribution is 2.27. The molecule has 0 unspecified atom stereocenters. The van der Waals surface area contributed by atoms with Crippen LogP contribution in [0.1, 0.15) is 0 Å². The zero-order chi connectivity index (χ0) is 14.1. The molecule has 0 bridgehead atoms. The predicted octanol–water partition coefficient (Wildman–Crippen LogP) is 3.40. The Morgan fingerprint density at radius 3 is 2.35 bits per heavy atom. The second kappa shape index (κ2) is 4.77. The van der Waals surface area contributed by atoms with Crippen molar-refractivity contribution in [3.8, 4) is 16.9 Å². The Hall–Kier alpha value is -2.69. The van der Waals surface area contributed by atoms with E-state index in [4.69, 9.17) is 5.73 Å². The van der Waals surface area contributed by atoms with Crippen LogP contribution >= 0.6 is 0 Å². The molecular formula is C15H11F2N3. The average molecular weight is 271 g/mol. The molecule has 0 saturated carbocycles. The molecule has 0 fully saturated rings. The molecule has 0 aliphatic heterocycles. The topological polar surface area (TPSA) is 43.8 Å². The van der Waals surface area contributed by atoms with E-state index in [1.165, 1.54) is 22.9 Å². The Balaban J connectivity index is 2.08. The molecular weight excluding hydrogens is 260 g/mol. The molecule has 1 heterocycles. The molecule has 3 aromatic rings. The van der Waals surface area contributed by atoms with Crippen molar-refractivity contribution in [2.75, 3.05) is 5.73 Å². The van der Waals surface area contributed by atoms with Crippen LogP contribution < -0.4 is 5.73 Å². The summed E-state index contributed by atoms with van der Waals surface area (Å²) in [5, 5.41) is 4.27. The van der Waals surface area contributed by atoms with Crippen molar-refractivity contribution < 1.29 is 8.78 Å². The number of nitrogen functional groups attached to an aromatic ring is 1. The third kappa shape index (κ3) is 2.14. The van der Waals surface area contributed by atoms with Crippen LogP contribution in [0, 0.1) is 11.6 Å². The molecule has 20 heavy (non-hydrogen) atoms. The molecule has 3 rings (SSSR count). The predicted molar refractivity (Wildman–Crippen MR) is 73.3 cm³/mol. The number of benzene rings is 2. The van der Waals surface area contributed by atoms with Gasteiger partial charge >= 0.3 is 0 Å². The van der Waals surface area contributed by atoms with E-state index in [0.29, 0.717) is 22.6 Å². The molecule has 0 aliphatic carbocycles. The van der Waals surface area contributed by atoms with Crippen LogP contribution in [-0.2, 0) is 0 Å². The summed E-state index contributed by atoms with van der Waals surface area (Å²) in [7, 11) is 0. The van der Waals surface area contributed by atoms with Crippen LogP contribution in [0.5, 0.6) is 0 Å². The lowest BCUT2D eigenvalue weighted by atomic mass is 10.1. The fourth-order valence-corrected chi connectivity index (χ4v) is 1.98. The van der Waals surface area contributed by atoms with Crippen LogP contribution in [0.4, 0.5) is 14.5 Å². The lowest BCUT2D eigenvalue weighted by Crippen LogP contribution is -1.95. The largest absolute Gasteiger partial charge is 0.396 e. The lowest BCUT2D eigenvalue weighted by Gasteiger charge is -2.01. The highest BCUT2D eigenvalue weighted by molar-refractivity contribution is 5.72. The minimum atomic E-state index is -0.386. The van der Waals surface area contributed by atoms with E-state index in [1.807, 2.05) is 0 Å². The highest BCUT2D eigenvalue weighted by atomic mass is 19.1. The number of hydrogen-bond acceptors (Lipinski definition) is 2. The Morgan fingerprint density at radius 2 is 1.65 bits per heavy atom. The Labute approximate surface area is 114 Å². The van der Waals surface area contributed by atoms with Gasteiger partial charge in [0.15, 0.2) is 0 Å². The quantitative estimate of drug-likeness (QED) is 0.776. The Morgan fingerprint density at radius 1 is 0.950 bits per heavy atom. The van der Waals surface area contributed by atoms with Crippen LogP contribution in [0.15, 0.2) is 54.7 Å². The van der Waals surface area contributed by atoms with E-state index in [0.717, 1.165) is 0 Å². The zero-order valence-electron chi connectivity index (χ0n) is 10.4. The van der Waals surface area contributed by atoms with E-state index in [9.17, 15) is 8.78 Å². The third-order valence-corrected chi connectivity index (χ3v) is 2.96. The molecule has 0 radical (unpaired) electrons. The van der Waals surface area contributed by atoms with E-state index in [1.54, 1.807) is 36.5 Å². The first-order valence-electron chi connectivity index (χ1n) is 6.01. The van der Waals surface area contributed by atoms with Gasteiger partial charge in [0.1, 0.15) is 17.3 Å². The van der Waals surface area contributed by atoms with Gasteiger partial charge in [-0.25, -0.2) is 13.5 Å². The molecule has 2 aromatic carbocycles. The van der Waals surface area contributed by atoms with Crippen molar-refractivity contribution in [3.05, 3.63) is 66.4 Å². The molecule has 3 nitrogen and oxygen atoms in total. The number of nitrogens with zero attached hydrogens (tertiary/aromatic N) is 2. The standard InChI is InChI=1S/C15H11F2N3/c16-10-5-7-11(8-6-10)20-9-14(18)15(19-20)12-3-1-2-4-13(12)17/h1-9H,18H2. The summed E-state index contributed by atoms with van der Waals surface area (Å²) < 4.78 is 28.2. The van der Waals surface area contributed by atoms with Gasteiger partial charge in [-0.1, -0.05) is 12.1 Å². The highest BCUT2D eigenvalue weighted by Gasteiger charge is 2.13. The monoisotopic (exact) mass is 271 g/mol. The molecule has 0 saturated heterocycles. The number of nitrogens with two attached hydrogens (primary N) is 1. The number of rotatable bonds is 2. The van der Waals surface area contributed by atoms with Crippen molar-refractivity contribution in [3.63, 3.8) is 0 Å². The van der Waals surface area contributed by atoms with Crippen molar-refractivity contribution >= 4 is 5.69 Å². The normalized spacial score (nSPS) is 10.7. The maximum atomic E-state index is 13.8. The van der Waals surface area contributed by atoms with E-state index in [2.05, 4.69) is 5.10 Å². The van der Waals surface area contributed by atoms with E-state index < -0.39 is 0 Å². The summed E-state index contributed by atoms with van der Waals surface area (Å²) in [6.45, 7) is 0. The first-order chi connectivity index (χ1) is 9.65. The average Bonchev–Trinajstić information content (AvgIpc) is 2.82. The summed E-state index contributed by atoms with van der Waals surface area (Å²) in [6.07, 6.45) is 1.58. The van der Waals surface area contributed by atoms with Gasteiger partial charge in [0, 0.05) is 5.56 Å². The minimum Gasteiger partial charge on any atom is -0.396 e. The maximum Gasteiger partial charge on any atom is 0.132 e. The lowest BCUT2D eigenvalue weighted by molar-refractivity contribution is 0.627. The van der Waals surface area contributed by atoms with Gasteiger partial charge in [0.2, 0.25) is 0 Å². The third-order valence-electron chi connectivity index (χ3n) is 2.96. The van der Waals surface area contributed by atoms with Crippen molar-refractivity contribution in [1.82, 2.24) is 9.78 Å². The molecule has 5 heteroatoms. The summed E-state index contributed by atoms with van der Waals surface area (Å²) in [4.78, 5) is 0. The van der Waals surface area contributed by atoms with Gasteiger partial charge < -0.3 is 5.73 Å². The fourth-order valence-electron chi connectivity index (χ4n) is 1.98. The van der Waals surface area contributed by atoms with E-state index in [-0.39, 0.29) is 11.6 Å². The van der Waals surface area contributed by atoms with Gasteiger partial charge in [0.25, 0.3) is 0 Å². The van der Waals surface area contributed by atoms with Gasteiger partial charge in [-0.15, -0.1) is 0 Å². The summed E-state index contributed by atoms with van der Waals surface area (Å²) >= 11 is 0. The summed E-state index contributed by atoms with van der Waals surface area (Å²) in [5.74, 6) is -0.716. The second-order valence-electron chi connectivity index (χ2n) is 4.33. The minimum absolute atomic E-state index is 0.330. The molecule has 0 amide bonds. The maximum absolute atomic E-state index is 13.8. The molecule has 1 aromatic heterocycles. The first kappa shape index (κ1) is 12.3. The van der Waals surface area contributed by atoms with Gasteiger partial charge in [-0.3, -0.25) is 0 Å². The van der Waals surface area contributed by atoms with Crippen LogP contribution in [-0.4, -0.2) is 9.78 Å². The second-order valence-corrected chi connectivity index (χ2v) is 4.33. The van der Waals surface area contributed by atoms with Crippen LogP contribution in [0.25, 0.3) is 16.9 Å². The molecule has 0 spiro atoms. The Bertz CT molecular complexity index is 748. The van der Waals surface area contributed by atoms with Crippen molar-refractivity contribution in [1.29, 1.82) is 0 Å². The zero-order valence-corrected chi connectivity index (χ0v) is 10.4.